The Morgan fingerprint density at radius 3 is 0.972 bits per heavy atom. The van der Waals surface area contributed by atoms with E-state index >= 15 is 4.57 Å². The number of nitrogens with zero attached hydrogens (tertiary/aromatic N) is 3. The largest absolute Gasteiger partial charge is 0.309 e. The second-order valence-electron chi connectivity index (χ2n) is 18.5. The van der Waals surface area contributed by atoms with Crippen molar-refractivity contribution in [3.05, 3.63) is 273 Å². The molecule has 14 rings (SSSR count). The number of aromatic nitrogens is 3. The van der Waals surface area contributed by atoms with Crippen molar-refractivity contribution in [2.75, 3.05) is 0 Å². The van der Waals surface area contributed by atoms with Gasteiger partial charge in [0.1, 0.15) is 0 Å². The summed E-state index contributed by atoms with van der Waals surface area (Å²) >= 11 is 0. The molecule has 72 heavy (non-hydrogen) atoms. The van der Waals surface area contributed by atoms with Crippen LogP contribution in [0.5, 0.6) is 0 Å². The van der Waals surface area contributed by atoms with E-state index in [-0.39, 0.29) is 0 Å². The number of benzene rings is 11. The molecular weight excluding hydrogens is 913 g/mol. The van der Waals surface area contributed by atoms with E-state index in [1.807, 2.05) is 60.7 Å². The first-order valence-electron chi connectivity index (χ1n) is 24.4. The lowest BCUT2D eigenvalue weighted by molar-refractivity contribution is 0.592. The summed E-state index contributed by atoms with van der Waals surface area (Å²) in [6, 6.07) is 97.6. The first-order chi connectivity index (χ1) is 35.6. The second kappa shape index (κ2) is 17.1. The smallest absolute Gasteiger partial charge is 0.171 e. The van der Waals surface area contributed by atoms with E-state index < -0.39 is 15.1 Å². The van der Waals surface area contributed by atoms with E-state index in [4.69, 9.17) is 0 Å². The molecule has 0 fully saturated rings. The van der Waals surface area contributed by atoms with Crippen LogP contribution in [0.2, 0.25) is 0 Å². The lowest BCUT2D eigenvalue weighted by Gasteiger charge is -2.20. The minimum absolute atomic E-state index is 0.801. The molecule has 0 N–H and O–H groups in total. The Hall–Kier alpha value is -8.52. The third-order valence-corrected chi connectivity index (χ3v) is 19.9. The minimum atomic E-state index is -3.34. The summed E-state index contributed by atoms with van der Waals surface area (Å²) in [6.07, 6.45) is 0. The summed E-state index contributed by atoms with van der Waals surface area (Å²) in [6.45, 7) is 0. The number of fused-ring (bicyclic) bond motifs is 9. The van der Waals surface area contributed by atoms with Gasteiger partial charge >= 0.3 is 0 Å². The molecule has 0 unspecified atom stereocenters. The van der Waals surface area contributed by atoms with Crippen LogP contribution in [0.3, 0.4) is 0 Å². The van der Waals surface area contributed by atoms with Crippen molar-refractivity contribution in [2.24, 2.45) is 0 Å². The predicted octanol–water partition coefficient (Wildman–Crippen LogP) is 14.4. The van der Waals surface area contributed by atoms with Crippen molar-refractivity contribution in [1.82, 2.24) is 13.7 Å². The summed E-state index contributed by atoms with van der Waals surface area (Å²) < 4.78 is 23.5. The predicted molar refractivity (Wildman–Crippen MR) is 308 cm³/mol. The van der Waals surface area contributed by atoms with Crippen LogP contribution in [-0.2, 0) is 4.57 Å². The fourth-order valence-corrected chi connectivity index (χ4v) is 16.3. The van der Waals surface area contributed by atoms with Crippen LogP contribution in [0.25, 0.3) is 82.5 Å². The van der Waals surface area contributed by atoms with Crippen molar-refractivity contribution in [2.45, 2.75) is 0 Å². The molecule has 340 valence electrons. The maximum absolute atomic E-state index is 16.2. The molecule has 14 aromatic rings. The monoisotopic (exact) mass is 957 g/mol. The van der Waals surface area contributed by atoms with Crippen LogP contribution in [0.15, 0.2) is 273 Å². The highest BCUT2D eigenvalue weighted by Crippen LogP contribution is 2.45. The molecule has 0 saturated heterocycles. The maximum atomic E-state index is 16.2. The maximum Gasteiger partial charge on any atom is 0.171 e. The zero-order valence-corrected chi connectivity index (χ0v) is 40.9. The van der Waals surface area contributed by atoms with Gasteiger partial charge in [-0.15, -0.1) is 0 Å². The van der Waals surface area contributed by atoms with Gasteiger partial charge in [0.25, 0.3) is 0 Å². The number of rotatable bonds is 9. The molecule has 0 aliphatic heterocycles. The summed E-state index contributed by atoms with van der Waals surface area (Å²) in [5.41, 5.74) is 9.83. The Bertz CT molecular complexity index is 4100. The summed E-state index contributed by atoms with van der Waals surface area (Å²) in [5, 5.41) is 13.3. The quantitative estimate of drug-likeness (QED) is 0.133. The van der Waals surface area contributed by atoms with Crippen LogP contribution < -0.4 is 31.8 Å². The Labute approximate surface area is 418 Å². The van der Waals surface area contributed by atoms with Crippen LogP contribution >= 0.6 is 15.1 Å². The van der Waals surface area contributed by atoms with E-state index in [1.165, 1.54) is 37.5 Å². The molecule has 0 spiro atoms. The molecule has 3 aromatic heterocycles. The molecule has 4 nitrogen and oxygen atoms in total. The Morgan fingerprint density at radius 1 is 0.250 bits per heavy atom. The Balaban J connectivity index is 1.10. The van der Waals surface area contributed by atoms with Gasteiger partial charge < -0.3 is 18.3 Å². The standard InChI is InChI=1S/C66H45N3OP2/c70-72(52-25-9-3-10-26-52,53-27-11-4-12-28-53)54-38-40-66-60(45-54)59-44-51(71(49-21-5-1-6-22-49)50-23-7-2-8-24-50)37-39-65(59)69(66)48-42-46(67-61-33-17-13-29-55(61)56-30-14-18-34-62(56)67)41-47(43-48)68-63-35-19-15-31-57(63)58-32-16-20-36-64(58)68/h1-45H. The highest BCUT2D eigenvalue weighted by Gasteiger charge is 2.31. The van der Waals surface area contributed by atoms with Gasteiger partial charge in [0.05, 0.1) is 50.2 Å². The lowest BCUT2D eigenvalue weighted by Crippen LogP contribution is -2.24. The van der Waals surface area contributed by atoms with E-state index in [2.05, 4.69) is 226 Å². The second-order valence-corrected chi connectivity index (χ2v) is 23.5. The zero-order chi connectivity index (χ0) is 47.8. The molecule has 0 saturated carbocycles. The van der Waals surface area contributed by atoms with Crippen LogP contribution in [0.1, 0.15) is 0 Å². The fraction of sp³-hybridized carbons (Fsp3) is 0. The minimum Gasteiger partial charge on any atom is -0.309 e. The number of para-hydroxylation sites is 4. The molecule has 3 heterocycles. The van der Waals surface area contributed by atoms with Gasteiger partial charge in [-0.05, 0) is 96.6 Å². The zero-order valence-electron chi connectivity index (χ0n) is 39.1. The van der Waals surface area contributed by atoms with Gasteiger partial charge in [-0.3, -0.25) is 0 Å². The van der Waals surface area contributed by atoms with Gasteiger partial charge in [-0.25, -0.2) is 0 Å². The van der Waals surface area contributed by atoms with Gasteiger partial charge in [0, 0.05) is 48.2 Å². The average Bonchev–Trinajstić information content (AvgIpc) is 4.09. The van der Waals surface area contributed by atoms with Crippen molar-refractivity contribution in [3.63, 3.8) is 0 Å². The molecular formula is C66H45N3OP2. The molecule has 0 bridgehead atoms. The van der Waals surface area contributed by atoms with Crippen molar-refractivity contribution < 1.29 is 4.57 Å². The number of hydrogen-bond donors (Lipinski definition) is 0. The third kappa shape index (κ3) is 6.68. The van der Waals surface area contributed by atoms with Crippen LogP contribution in [0, 0.1) is 0 Å². The Kier molecular flexibility index (Phi) is 10.1. The van der Waals surface area contributed by atoms with Crippen molar-refractivity contribution in [3.8, 4) is 17.1 Å². The molecule has 0 atom stereocenters. The van der Waals surface area contributed by atoms with Gasteiger partial charge in [-0.2, -0.15) is 0 Å². The number of hydrogen-bond acceptors (Lipinski definition) is 1. The van der Waals surface area contributed by atoms with E-state index in [9.17, 15) is 0 Å². The highest BCUT2D eigenvalue weighted by atomic mass is 31.2. The van der Waals surface area contributed by atoms with Gasteiger partial charge in [0.2, 0.25) is 0 Å². The molecule has 0 radical (unpaired) electrons. The lowest BCUT2D eigenvalue weighted by atomic mass is 10.1. The fourth-order valence-electron chi connectivity index (χ4n) is 11.3. The van der Waals surface area contributed by atoms with Gasteiger partial charge in [-0.1, -0.05) is 200 Å². The van der Waals surface area contributed by atoms with E-state index in [0.717, 1.165) is 76.8 Å². The van der Waals surface area contributed by atoms with E-state index in [0.29, 0.717) is 0 Å². The Morgan fingerprint density at radius 2 is 0.569 bits per heavy atom. The van der Waals surface area contributed by atoms with Crippen molar-refractivity contribution >= 4 is 112 Å². The summed E-state index contributed by atoms with van der Waals surface area (Å²) in [7, 11) is -4.26. The molecule has 0 aliphatic carbocycles. The first kappa shape index (κ1) is 42.4. The van der Waals surface area contributed by atoms with Crippen molar-refractivity contribution in [1.29, 1.82) is 0 Å². The normalized spacial score (nSPS) is 12.1. The highest BCUT2D eigenvalue weighted by molar-refractivity contribution is 7.85. The average molecular weight is 958 g/mol. The molecule has 6 heteroatoms. The SMILES string of the molecule is O=P(c1ccccc1)(c1ccccc1)c1ccc2c(c1)c1cc(P(c3ccccc3)c3ccccc3)ccc1n2-c1cc(-n2c3ccccc3c3ccccc32)cc(-n2c3ccccc3c3ccccc32)c1. The van der Waals surface area contributed by atoms with Gasteiger partial charge in [0.15, 0.2) is 7.14 Å². The summed E-state index contributed by atoms with van der Waals surface area (Å²) in [4.78, 5) is 0. The molecule has 0 aliphatic rings. The van der Waals surface area contributed by atoms with Crippen LogP contribution in [0.4, 0.5) is 0 Å². The molecule has 11 aromatic carbocycles. The first-order valence-corrected chi connectivity index (χ1v) is 27.5. The van der Waals surface area contributed by atoms with E-state index in [1.54, 1.807) is 0 Å². The third-order valence-electron chi connectivity index (χ3n) is 14.4. The molecule has 0 amide bonds. The summed E-state index contributed by atoms with van der Waals surface area (Å²) in [5.74, 6) is 0. The van der Waals surface area contributed by atoms with Crippen LogP contribution in [-0.4, -0.2) is 13.7 Å². The topological polar surface area (TPSA) is 31.9 Å².